The van der Waals surface area contributed by atoms with Crippen molar-refractivity contribution >= 4 is 0 Å². The Hall–Kier alpha value is -0.780. The molecule has 9 heavy (non-hydrogen) atoms. The molecule has 0 unspecified atom stereocenters. The Labute approximate surface area is 65.0 Å². The Morgan fingerprint density at radius 3 is 2.56 bits per heavy atom. The summed E-state index contributed by atoms with van der Waals surface area (Å²) in [5.41, 5.74) is 0.358. The first kappa shape index (κ1) is 2.12. The fraction of sp³-hybridized carbons (Fsp3) is 0.333. The van der Waals surface area contributed by atoms with Gasteiger partial charge in [0.2, 0.25) is 0 Å². The Morgan fingerprint density at radius 2 is 2.00 bits per heavy atom. The average molecular weight is 126 g/mol. The van der Waals surface area contributed by atoms with Gasteiger partial charge in [0, 0.05) is 8.22 Å². The molecule has 0 N–H and O–H groups in total. The summed E-state index contributed by atoms with van der Waals surface area (Å²) >= 11 is 0. The summed E-state index contributed by atoms with van der Waals surface area (Å²) in [5, 5.41) is 0. The van der Waals surface area contributed by atoms with Crippen LogP contribution in [0.5, 0.6) is 0 Å². The van der Waals surface area contributed by atoms with Crippen molar-refractivity contribution < 1.29 is 8.22 Å². The summed E-state index contributed by atoms with van der Waals surface area (Å²) in [4.78, 5) is 0. The maximum atomic E-state index is 7.32. The molecule has 0 aliphatic carbocycles. The van der Waals surface area contributed by atoms with Crippen molar-refractivity contribution in [2.24, 2.45) is 0 Å². The van der Waals surface area contributed by atoms with Crippen LogP contribution in [0.4, 0.5) is 0 Å². The third kappa shape index (κ3) is 1.13. The predicted molar refractivity (Wildman–Crippen MR) is 40.7 cm³/mol. The smallest absolute Gasteiger partial charge is 0.0280 e. The number of benzene rings is 1. The van der Waals surface area contributed by atoms with Crippen molar-refractivity contribution in [1.29, 1.82) is 0 Å². The zero-order valence-corrected chi connectivity index (χ0v) is 5.23. The molecule has 0 aromatic heterocycles. The van der Waals surface area contributed by atoms with E-state index in [2.05, 4.69) is 0 Å². The summed E-state index contributed by atoms with van der Waals surface area (Å²) in [5.74, 6) is 0. The third-order valence-electron chi connectivity index (χ3n) is 1.27. The van der Waals surface area contributed by atoms with Crippen LogP contribution in [-0.4, -0.2) is 0 Å². The van der Waals surface area contributed by atoms with Gasteiger partial charge in [-0.1, -0.05) is 18.2 Å². The van der Waals surface area contributed by atoms with Crippen molar-refractivity contribution in [3.8, 4) is 0 Å². The van der Waals surface area contributed by atoms with Crippen molar-refractivity contribution in [1.82, 2.24) is 0 Å². The standard InChI is InChI=1S/C9H12/c1-7-5-4-6-8(2)9(7)3/h4-6H,1-3H3/i1D3,3D3. The van der Waals surface area contributed by atoms with Crippen molar-refractivity contribution in [3.05, 3.63) is 34.9 Å². The van der Waals surface area contributed by atoms with Gasteiger partial charge in [-0.15, -0.1) is 0 Å². The molecule has 0 aliphatic rings. The van der Waals surface area contributed by atoms with Crippen molar-refractivity contribution in [2.45, 2.75) is 20.6 Å². The molecule has 0 amide bonds. The van der Waals surface area contributed by atoms with E-state index in [1.165, 1.54) is 6.07 Å². The van der Waals surface area contributed by atoms with Crippen LogP contribution < -0.4 is 0 Å². The number of aryl methyl sites for hydroxylation is 2. The molecule has 0 nitrogen and oxygen atoms in total. The Bertz CT molecular complexity index is 360. The van der Waals surface area contributed by atoms with E-state index in [9.17, 15) is 0 Å². The van der Waals surface area contributed by atoms with Crippen LogP contribution in [-0.2, 0) is 0 Å². The maximum absolute atomic E-state index is 7.32. The van der Waals surface area contributed by atoms with Crippen LogP contribution in [0.3, 0.4) is 0 Å². The minimum Gasteiger partial charge on any atom is -0.0617 e. The zero-order valence-electron chi connectivity index (χ0n) is 11.2. The Morgan fingerprint density at radius 1 is 1.22 bits per heavy atom. The molecule has 0 atom stereocenters. The number of hydrogen-bond acceptors (Lipinski definition) is 0. The summed E-state index contributed by atoms with van der Waals surface area (Å²) in [6.07, 6.45) is 0. The van der Waals surface area contributed by atoms with Gasteiger partial charge in [0.05, 0.1) is 0 Å². The molecule has 0 fully saturated rings. The first-order chi connectivity index (χ1) is 6.64. The van der Waals surface area contributed by atoms with E-state index in [-0.39, 0.29) is 11.1 Å². The number of rotatable bonds is 0. The van der Waals surface area contributed by atoms with Crippen LogP contribution in [0, 0.1) is 20.6 Å². The molecule has 1 aromatic carbocycles. The van der Waals surface area contributed by atoms with E-state index in [4.69, 9.17) is 8.22 Å². The molecule has 1 rings (SSSR count). The second-order valence-electron chi connectivity index (χ2n) is 2.00. The Balaban J connectivity index is 3.48. The molecule has 0 heterocycles. The van der Waals surface area contributed by atoms with Crippen LogP contribution in [0.1, 0.15) is 24.9 Å². The Kier molecular flexibility index (Phi) is 0.522. The first-order valence-electron chi connectivity index (χ1n) is 5.74. The molecular weight excluding hydrogens is 108 g/mol. The van der Waals surface area contributed by atoms with Gasteiger partial charge in [0.25, 0.3) is 0 Å². The van der Waals surface area contributed by atoms with Gasteiger partial charge < -0.3 is 0 Å². The second-order valence-corrected chi connectivity index (χ2v) is 2.00. The molecule has 0 heteroatoms. The largest absolute Gasteiger partial charge is 0.0617 e. The fourth-order valence-corrected chi connectivity index (χ4v) is 0.668. The van der Waals surface area contributed by atoms with E-state index in [1.54, 1.807) is 19.1 Å². The minimum absolute atomic E-state index is 0.0509. The monoisotopic (exact) mass is 126 g/mol. The highest BCUT2D eigenvalue weighted by Crippen LogP contribution is 2.09. The van der Waals surface area contributed by atoms with Crippen LogP contribution in [0.25, 0.3) is 0 Å². The normalized spacial score (nSPS) is 22.3. The van der Waals surface area contributed by atoms with Gasteiger partial charge >= 0.3 is 0 Å². The first-order valence-corrected chi connectivity index (χ1v) is 2.74. The summed E-state index contributed by atoms with van der Waals surface area (Å²) in [6, 6.07) is 4.52. The lowest BCUT2D eigenvalue weighted by Gasteiger charge is -2.00. The lowest BCUT2D eigenvalue weighted by atomic mass is 10.1. The highest BCUT2D eigenvalue weighted by molar-refractivity contribution is 5.31. The molecular formula is C9H12. The van der Waals surface area contributed by atoms with E-state index in [0.717, 1.165) is 0 Å². The molecule has 0 spiro atoms. The zero-order chi connectivity index (χ0) is 11.9. The number of hydrogen-bond donors (Lipinski definition) is 0. The summed E-state index contributed by atoms with van der Waals surface area (Å²) in [6.45, 7) is -3.15. The lowest BCUT2D eigenvalue weighted by molar-refractivity contribution is 1.27. The van der Waals surface area contributed by atoms with E-state index in [1.807, 2.05) is 0 Å². The SMILES string of the molecule is [2H]C([2H])([2H])c1cccc(C)c1C([2H])([2H])[2H]. The van der Waals surface area contributed by atoms with Gasteiger partial charge in [-0.25, -0.2) is 0 Å². The maximum Gasteiger partial charge on any atom is 0.0280 e. The van der Waals surface area contributed by atoms with Gasteiger partial charge in [-0.3, -0.25) is 0 Å². The molecule has 0 radical (unpaired) electrons. The van der Waals surface area contributed by atoms with Crippen LogP contribution >= 0.6 is 0 Å². The van der Waals surface area contributed by atoms with Gasteiger partial charge in [-0.2, -0.15) is 0 Å². The van der Waals surface area contributed by atoms with Crippen LogP contribution in [0.15, 0.2) is 18.2 Å². The molecule has 0 saturated carbocycles. The highest BCUT2D eigenvalue weighted by atomic mass is 14.0. The van der Waals surface area contributed by atoms with Crippen molar-refractivity contribution in [2.75, 3.05) is 0 Å². The topological polar surface area (TPSA) is 0 Å². The van der Waals surface area contributed by atoms with Gasteiger partial charge in [-0.05, 0) is 37.3 Å². The fourth-order valence-electron chi connectivity index (χ4n) is 0.668. The van der Waals surface area contributed by atoms with E-state index in [0.29, 0.717) is 5.56 Å². The second kappa shape index (κ2) is 2.22. The molecule has 0 aliphatic heterocycles. The van der Waals surface area contributed by atoms with Crippen LogP contribution in [0.2, 0.25) is 0 Å². The highest BCUT2D eigenvalue weighted by Gasteiger charge is 1.91. The predicted octanol–water partition coefficient (Wildman–Crippen LogP) is 2.61. The summed E-state index contributed by atoms with van der Waals surface area (Å²) in [7, 11) is 0. The van der Waals surface area contributed by atoms with E-state index < -0.39 is 13.7 Å². The quantitative estimate of drug-likeness (QED) is 0.501. The summed E-state index contributed by atoms with van der Waals surface area (Å²) < 4.78 is 43.8. The molecule has 48 valence electrons. The van der Waals surface area contributed by atoms with Gasteiger partial charge in [0.15, 0.2) is 0 Å². The van der Waals surface area contributed by atoms with Crippen molar-refractivity contribution in [3.63, 3.8) is 0 Å². The van der Waals surface area contributed by atoms with Gasteiger partial charge in [0.1, 0.15) is 0 Å². The minimum atomic E-state index is -2.38. The lowest BCUT2D eigenvalue weighted by Crippen LogP contribution is -1.82. The average Bonchev–Trinajstić information content (AvgIpc) is 1.99. The molecule has 0 bridgehead atoms. The van der Waals surface area contributed by atoms with E-state index >= 15 is 0 Å². The third-order valence-corrected chi connectivity index (χ3v) is 1.27. The molecule has 0 saturated heterocycles. The molecule has 1 aromatic rings.